The predicted molar refractivity (Wildman–Crippen MR) is 108 cm³/mol. The monoisotopic (exact) mass is 398 g/mol. The summed E-state index contributed by atoms with van der Waals surface area (Å²) in [5, 5.41) is 3.09. The van der Waals surface area contributed by atoms with Crippen molar-refractivity contribution in [1.29, 1.82) is 0 Å². The third kappa shape index (κ3) is 5.29. The third-order valence-corrected chi connectivity index (χ3v) is 5.78. The number of nitrogens with one attached hydrogen (secondary N) is 1. The highest BCUT2D eigenvalue weighted by atomic mass is 19.1. The van der Waals surface area contributed by atoms with Crippen molar-refractivity contribution < 1.29 is 13.9 Å². The highest BCUT2D eigenvalue weighted by molar-refractivity contribution is 5.76. The van der Waals surface area contributed by atoms with Gasteiger partial charge in [-0.05, 0) is 36.6 Å². The summed E-state index contributed by atoms with van der Waals surface area (Å²) in [5.74, 6) is 1.13. The lowest BCUT2D eigenvalue weighted by Gasteiger charge is -2.33. The molecule has 1 N–H and O–H groups in total. The second-order valence-electron chi connectivity index (χ2n) is 7.85. The summed E-state index contributed by atoms with van der Waals surface area (Å²) in [4.78, 5) is 23.0. The number of ether oxygens (including phenoxy) is 1. The van der Waals surface area contributed by atoms with Crippen LogP contribution in [0.4, 0.5) is 15.9 Å². The fraction of sp³-hybridized carbons (Fsp3) is 0.500. The Kier molecular flexibility index (Phi) is 6.34. The van der Waals surface area contributed by atoms with Crippen molar-refractivity contribution in [3.05, 3.63) is 48.2 Å². The van der Waals surface area contributed by atoms with E-state index in [-0.39, 0.29) is 17.8 Å². The van der Waals surface area contributed by atoms with Crippen LogP contribution in [0.1, 0.15) is 50.3 Å². The van der Waals surface area contributed by atoms with Gasteiger partial charge in [-0.15, -0.1) is 0 Å². The molecule has 1 aliphatic carbocycles. The second kappa shape index (κ2) is 9.31. The lowest BCUT2D eigenvalue weighted by atomic mass is 10.0. The molecule has 1 atom stereocenters. The highest BCUT2D eigenvalue weighted by Crippen LogP contribution is 2.29. The number of carbonyl (C=O) groups excluding carboxylic acids is 1. The van der Waals surface area contributed by atoms with E-state index < -0.39 is 0 Å². The third-order valence-electron chi connectivity index (χ3n) is 5.78. The van der Waals surface area contributed by atoms with E-state index in [4.69, 9.17) is 4.74 Å². The van der Waals surface area contributed by atoms with E-state index in [0.29, 0.717) is 31.9 Å². The van der Waals surface area contributed by atoms with E-state index in [2.05, 4.69) is 15.3 Å². The van der Waals surface area contributed by atoms with Crippen LogP contribution in [0, 0.1) is 11.7 Å². The molecule has 7 heteroatoms. The standard InChI is InChI=1S/C22H27FN4O2/c23-17-6-9-21(25-13-17)26-18-7-8-19(24-14-18)20-15-27(11-12-29-20)22(28)10-5-16-3-1-2-4-16/h6-9,13-14,16,20H,1-5,10-12,15H2,(H,25,26). The Bertz CT molecular complexity index is 807. The van der Waals surface area contributed by atoms with Crippen molar-refractivity contribution in [2.75, 3.05) is 25.0 Å². The molecule has 0 radical (unpaired) electrons. The highest BCUT2D eigenvalue weighted by Gasteiger charge is 2.27. The van der Waals surface area contributed by atoms with E-state index in [1.54, 1.807) is 12.3 Å². The van der Waals surface area contributed by atoms with Crippen LogP contribution in [0.3, 0.4) is 0 Å². The van der Waals surface area contributed by atoms with Crippen molar-refractivity contribution in [3.8, 4) is 0 Å². The van der Waals surface area contributed by atoms with Crippen LogP contribution >= 0.6 is 0 Å². The number of halogens is 1. The molecule has 0 bridgehead atoms. The summed E-state index contributed by atoms with van der Waals surface area (Å²) in [7, 11) is 0. The van der Waals surface area contributed by atoms with Crippen molar-refractivity contribution in [3.63, 3.8) is 0 Å². The maximum Gasteiger partial charge on any atom is 0.222 e. The number of carbonyl (C=O) groups is 1. The maximum atomic E-state index is 13.0. The lowest BCUT2D eigenvalue weighted by Crippen LogP contribution is -2.42. The molecule has 3 heterocycles. The molecule has 1 amide bonds. The Morgan fingerprint density at radius 1 is 1.17 bits per heavy atom. The summed E-state index contributed by atoms with van der Waals surface area (Å²) in [6, 6.07) is 6.70. The van der Waals surface area contributed by atoms with E-state index in [1.807, 2.05) is 17.0 Å². The number of rotatable bonds is 6. The second-order valence-corrected chi connectivity index (χ2v) is 7.85. The lowest BCUT2D eigenvalue weighted by molar-refractivity contribution is -0.139. The van der Waals surface area contributed by atoms with Gasteiger partial charge in [-0.1, -0.05) is 25.7 Å². The summed E-state index contributed by atoms with van der Waals surface area (Å²) < 4.78 is 18.8. The van der Waals surface area contributed by atoms with Crippen molar-refractivity contribution in [1.82, 2.24) is 14.9 Å². The number of aromatic nitrogens is 2. The first-order valence-electron chi connectivity index (χ1n) is 10.4. The smallest absolute Gasteiger partial charge is 0.222 e. The van der Waals surface area contributed by atoms with E-state index in [1.165, 1.54) is 31.7 Å². The van der Waals surface area contributed by atoms with Crippen LogP contribution in [-0.2, 0) is 9.53 Å². The zero-order chi connectivity index (χ0) is 20.1. The molecular weight excluding hydrogens is 371 g/mol. The predicted octanol–water partition coefficient (Wildman–Crippen LogP) is 4.23. The molecule has 2 aromatic heterocycles. The normalized spacial score (nSPS) is 20.0. The van der Waals surface area contributed by atoms with Crippen LogP contribution in [0.2, 0.25) is 0 Å². The molecule has 6 nitrogen and oxygen atoms in total. The summed E-state index contributed by atoms with van der Waals surface area (Å²) in [6.45, 7) is 1.72. The van der Waals surface area contributed by atoms with Gasteiger partial charge in [0.25, 0.3) is 0 Å². The average molecular weight is 398 g/mol. The summed E-state index contributed by atoms with van der Waals surface area (Å²) >= 11 is 0. The molecule has 29 heavy (non-hydrogen) atoms. The van der Waals surface area contributed by atoms with Gasteiger partial charge in [0.1, 0.15) is 17.7 Å². The van der Waals surface area contributed by atoms with Crippen LogP contribution in [0.15, 0.2) is 36.7 Å². The van der Waals surface area contributed by atoms with Crippen LogP contribution in [0.5, 0.6) is 0 Å². The molecule has 1 saturated carbocycles. The van der Waals surface area contributed by atoms with Crippen LogP contribution < -0.4 is 5.32 Å². The van der Waals surface area contributed by atoms with Crippen molar-refractivity contribution >= 4 is 17.4 Å². The van der Waals surface area contributed by atoms with Gasteiger partial charge in [0.15, 0.2) is 0 Å². The first-order chi connectivity index (χ1) is 14.2. The van der Waals surface area contributed by atoms with Gasteiger partial charge >= 0.3 is 0 Å². The molecule has 154 valence electrons. The number of hydrogen-bond acceptors (Lipinski definition) is 5. The first-order valence-corrected chi connectivity index (χ1v) is 10.4. The molecular formula is C22H27FN4O2. The van der Waals surface area contributed by atoms with Gasteiger partial charge in [0.2, 0.25) is 5.91 Å². The van der Waals surface area contributed by atoms with Gasteiger partial charge in [-0.3, -0.25) is 9.78 Å². The van der Waals surface area contributed by atoms with Crippen molar-refractivity contribution in [2.45, 2.75) is 44.6 Å². The zero-order valence-corrected chi connectivity index (χ0v) is 16.5. The number of anilines is 2. The largest absolute Gasteiger partial charge is 0.368 e. The van der Waals surface area contributed by atoms with E-state index in [0.717, 1.165) is 29.9 Å². The Morgan fingerprint density at radius 3 is 2.76 bits per heavy atom. The summed E-state index contributed by atoms with van der Waals surface area (Å²) in [6.07, 6.45) is 9.47. The SMILES string of the molecule is O=C(CCC1CCCC1)N1CCOC(c2ccc(Nc3ccc(F)cn3)cn2)C1. The van der Waals surface area contributed by atoms with Gasteiger partial charge in [0.05, 0.1) is 36.9 Å². The van der Waals surface area contributed by atoms with Crippen LogP contribution in [0.25, 0.3) is 0 Å². The van der Waals surface area contributed by atoms with Gasteiger partial charge in [-0.25, -0.2) is 9.37 Å². The Hall–Kier alpha value is -2.54. The topological polar surface area (TPSA) is 67.3 Å². The Morgan fingerprint density at radius 2 is 2.03 bits per heavy atom. The zero-order valence-electron chi connectivity index (χ0n) is 16.5. The summed E-state index contributed by atoms with van der Waals surface area (Å²) in [5.41, 5.74) is 1.56. The minimum absolute atomic E-state index is 0.211. The number of pyridine rings is 2. The molecule has 4 rings (SSSR count). The van der Waals surface area contributed by atoms with Gasteiger partial charge in [0, 0.05) is 13.0 Å². The van der Waals surface area contributed by atoms with Crippen molar-refractivity contribution in [2.24, 2.45) is 5.92 Å². The fourth-order valence-electron chi connectivity index (χ4n) is 4.11. The van der Waals surface area contributed by atoms with Crippen LogP contribution in [-0.4, -0.2) is 40.5 Å². The fourth-order valence-corrected chi connectivity index (χ4v) is 4.11. The molecule has 0 aromatic carbocycles. The molecule has 2 aromatic rings. The van der Waals surface area contributed by atoms with E-state index in [9.17, 15) is 9.18 Å². The molecule has 1 unspecified atom stereocenters. The first kappa shape index (κ1) is 19.8. The molecule has 2 fully saturated rings. The Labute approximate surface area is 170 Å². The number of morpholine rings is 1. The maximum absolute atomic E-state index is 13.0. The average Bonchev–Trinajstić information content (AvgIpc) is 3.28. The Balaban J connectivity index is 1.31. The number of hydrogen-bond donors (Lipinski definition) is 1. The van der Waals surface area contributed by atoms with E-state index >= 15 is 0 Å². The number of amides is 1. The minimum Gasteiger partial charge on any atom is -0.368 e. The van der Waals surface area contributed by atoms with Gasteiger partial charge in [-0.2, -0.15) is 0 Å². The number of nitrogens with zero attached hydrogens (tertiary/aromatic N) is 3. The minimum atomic E-state index is -0.374. The molecule has 1 saturated heterocycles. The molecule has 1 aliphatic heterocycles. The quantitative estimate of drug-likeness (QED) is 0.789. The molecule has 0 spiro atoms. The van der Waals surface area contributed by atoms with Gasteiger partial charge < -0.3 is 15.0 Å². The molecule has 2 aliphatic rings.